The Bertz CT molecular complexity index is 223. The molecule has 0 amide bonds. The molecule has 0 fully saturated rings. The second-order valence-corrected chi connectivity index (χ2v) is 2.49. The van der Waals surface area contributed by atoms with Crippen LogP contribution in [-0.2, 0) is 4.79 Å². The third-order valence-corrected chi connectivity index (χ3v) is 0.938. The van der Waals surface area contributed by atoms with E-state index in [-0.39, 0.29) is 17.7 Å². The summed E-state index contributed by atoms with van der Waals surface area (Å²) in [5.74, 6) is -0.0361. The molecule has 0 aliphatic heterocycles. The Labute approximate surface area is 71.2 Å². The Morgan fingerprint density at radius 1 is 1.55 bits per heavy atom. The van der Waals surface area contributed by atoms with Crippen LogP contribution >= 0.6 is 12.2 Å². The van der Waals surface area contributed by atoms with Crippen LogP contribution in [0.2, 0.25) is 0 Å². The third kappa shape index (κ3) is 4.53. The van der Waals surface area contributed by atoms with Gasteiger partial charge in [-0.3, -0.25) is 9.79 Å². The Kier molecular flexibility index (Phi) is 4.50. The van der Waals surface area contributed by atoms with Gasteiger partial charge in [0, 0.05) is 13.0 Å². The summed E-state index contributed by atoms with van der Waals surface area (Å²) in [7, 11) is 0. The lowest BCUT2D eigenvalue weighted by molar-refractivity contribution is -0.111. The number of hydrogen-bond acceptors (Lipinski definition) is 3. The van der Waals surface area contributed by atoms with Crippen molar-refractivity contribution in [2.75, 3.05) is 0 Å². The molecule has 0 heterocycles. The first kappa shape index (κ1) is 10.1. The number of thiocarbonyl (C=S) groups is 1. The maximum Gasteiger partial charge on any atom is 0.201 e. The number of Topliss-reactive ketones (excluding diaryl/α,β-unsaturated/α-hetero) is 1. The molecule has 0 saturated carbocycles. The molecule has 0 rings (SSSR count). The Balaban J connectivity index is 4.59. The van der Waals surface area contributed by atoms with Crippen molar-refractivity contribution >= 4 is 29.0 Å². The minimum absolute atomic E-state index is 0.0565. The molecular weight excluding hydrogens is 160 g/mol. The zero-order chi connectivity index (χ0) is 8.85. The molecule has 0 radical (unpaired) electrons. The lowest BCUT2D eigenvalue weighted by Gasteiger charge is -1.96. The highest BCUT2D eigenvalue weighted by atomic mass is 32.1. The molecule has 0 unspecified atom stereocenters. The Morgan fingerprint density at radius 2 is 2.09 bits per heavy atom. The molecule has 0 aromatic carbocycles. The molecule has 0 aliphatic rings. The van der Waals surface area contributed by atoms with E-state index < -0.39 is 0 Å². The monoisotopic (exact) mass is 170 g/mol. The number of carbonyl (C=O) groups excluding carboxylic acids is 1. The van der Waals surface area contributed by atoms with Gasteiger partial charge in [-0.05, 0) is 26.1 Å². The molecule has 4 heteroatoms. The zero-order valence-corrected chi connectivity index (χ0v) is 7.60. The average Bonchev–Trinajstić information content (AvgIpc) is 1.86. The molecule has 11 heavy (non-hydrogen) atoms. The zero-order valence-electron chi connectivity index (χ0n) is 6.79. The Hall–Kier alpha value is -0.860. The van der Waals surface area contributed by atoms with Gasteiger partial charge < -0.3 is 0 Å². The highest BCUT2D eigenvalue weighted by Crippen LogP contribution is 1.90. The molecular formula is C7H10N2OS. The summed E-state index contributed by atoms with van der Waals surface area (Å²) in [6.45, 7) is 5.13. The van der Waals surface area contributed by atoms with Crippen LogP contribution in [0.1, 0.15) is 20.8 Å². The smallest absolute Gasteiger partial charge is 0.201 e. The van der Waals surface area contributed by atoms with Gasteiger partial charge in [0.25, 0.3) is 0 Å². The van der Waals surface area contributed by atoms with Crippen molar-refractivity contribution in [3.05, 3.63) is 0 Å². The van der Waals surface area contributed by atoms with Crippen LogP contribution in [0.15, 0.2) is 9.98 Å². The van der Waals surface area contributed by atoms with Crippen LogP contribution < -0.4 is 0 Å². The van der Waals surface area contributed by atoms with Crippen LogP contribution in [0.3, 0.4) is 0 Å². The molecule has 3 nitrogen and oxygen atoms in total. The summed E-state index contributed by atoms with van der Waals surface area (Å²) in [5.41, 5.74) is 0. The third-order valence-electron chi connectivity index (χ3n) is 0.847. The Morgan fingerprint density at radius 3 is 2.36 bits per heavy atom. The maximum absolute atomic E-state index is 10.8. The second kappa shape index (κ2) is 4.88. The molecule has 0 N–H and O–H groups in total. The number of rotatable bonds is 2. The van der Waals surface area contributed by atoms with E-state index in [1.54, 1.807) is 0 Å². The second-order valence-electron chi connectivity index (χ2n) is 2.31. The fourth-order valence-electron chi connectivity index (χ4n) is 0.486. The van der Waals surface area contributed by atoms with E-state index in [1.807, 2.05) is 13.8 Å². The molecule has 60 valence electrons. The minimum Gasteiger partial charge on any atom is -0.291 e. The van der Waals surface area contributed by atoms with Crippen LogP contribution in [-0.4, -0.2) is 22.8 Å². The molecule has 0 bridgehead atoms. The van der Waals surface area contributed by atoms with Gasteiger partial charge in [-0.1, -0.05) is 0 Å². The molecule has 0 aromatic rings. The molecule has 0 aromatic heterocycles. The van der Waals surface area contributed by atoms with Gasteiger partial charge >= 0.3 is 0 Å². The SMILES string of the molecule is CC(=O)C(N=C=S)=NC(C)C. The van der Waals surface area contributed by atoms with Gasteiger partial charge in [0.05, 0.1) is 5.16 Å². The van der Waals surface area contributed by atoms with Crippen LogP contribution in [0.4, 0.5) is 0 Å². The van der Waals surface area contributed by atoms with Gasteiger partial charge in [-0.25, -0.2) is 0 Å². The quantitative estimate of drug-likeness (QED) is 0.358. The van der Waals surface area contributed by atoms with Crippen molar-refractivity contribution in [1.82, 2.24) is 0 Å². The summed E-state index contributed by atoms with van der Waals surface area (Å²) in [4.78, 5) is 18.2. The fraction of sp³-hybridized carbons (Fsp3) is 0.571. The van der Waals surface area contributed by atoms with E-state index in [9.17, 15) is 4.79 Å². The lowest BCUT2D eigenvalue weighted by atomic mass is 10.3. The van der Waals surface area contributed by atoms with Crippen molar-refractivity contribution in [3.8, 4) is 0 Å². The first-order valence-electron chi connectivity index (χ1n) is 3.24. The standard InChI is InChI=1S/C7H10N2OS/c1-5(2)9-7(6(3)10)8-4-11/h5H,1-3H3. The van der Waals surface area contributed by atoms with Gasteiger partial charge in [-0.15, -0.1) is 0 Å². The number of carbonyl (C=O) groups is 1. The molecule has 0 spiro atoms. The highest BCUT2D eigenvalue weighted by molar-refractivity contribution is 7.78. The number of hydrogen-bond donors (Lipinski definition) is 0. The van der Waals surface area contributed by atoms with Crippen molar-refractivity contribution < 1.29 is 4.79 Å². The van der Waals surface area contributed by atoms with Gasteiger partial charge in [0.1, 0.15) is 0 Å². The van der Waals surface area contributed by atoms with Gasteiger partial charge in [0.15, 0.2) is 5.78 Å². The van der Waals surface area contributed by atoms with Crippen molar-refractivity contribution in [1.29, 1.82) is 0 Å². The summed E-state index contributed by atoms with van der Waals surface area (Å²) < 4.78 is 0. The van der Waals surface area contributed by atoms with Crippen molar-refractivity contribution in [2.45, 2.75) is 26.8 Å². The average molecular weight is 170 g/mol. The van der Waals surface area contributed by atoms with Crippen molar-refractivity contribution in [2.24, 2.45) is 9.98 Å². The maximum atomic E-state index is 10.8. The van der Waals surface area contributed by atoms with Gasteiger partial charge in [-0.2, -0.15) is 4.99 Å². The number of amidine groups is 1. The van der Waals surface area contributed by atoms with Crippen molar-refractivity contribution in [3.63, 3.8) is 0 Å². The van der Waals surface area contributed by atoms with Crippen LogP contribution in [0.5, 0.6) is 0 Å². The molecule has 0 aliphatic carbocycles. The fourth-order valence-corrected chi connectivity index (χ4v) is 0.573. The predicted octanol–water partition coefficient (Wildman–Crippen LogP) is 1.49. The summed E-state index contributed by atoms with van der Waals surface area (Å²) in [6.07, 6.45) is 0. The molecule has 0 atom stereocenters. The first-order valence-corrected chi connectivity index (χ1v) is 3.65. The number of aliphatic imine (C=N–C) groups is 2. The van der Waals surface area contributed by atoms with Crippen LogP contribution in [0, 0.1) is 0 Å². The van der Waals surface area contributed by atoms with E-state index >= 15 is 0 Å². The first-order chi connectivity index (χ1) is 5.07. The highest BCUT2D eigenvalue weighted by Gasteiger charge is 2.02. The summed E-state index contributed by atoms with van der Waals surface area (Å²) in [6, 6.07) is 0.0565. The van der Waals surface area contributed by atoms with E-state index in [4.69, 9.17) is 0 Å². The summed E-state index contributed by atoms with van der Waals surface area (Å²) >= 11 is 4.35. The number of isothiocyanates is 1. The van der Waals surface area contributed by atoms with E-state index in [1.165, 1.54) is 6.92 Å². The summed E-state index contributed by atoms with van der Waals surface area (Å²) in [5, 5.41) is 2.11. The van der Waals surface area contributed by atoms with Crippen LogP contribution in [0.25, 0.3) is 0 Å². The number of nitrogens with zero attached hydrogens (tertiary/aromatic N) is 2. The van der Waals surface area contributed by atoms with E-state index in [0.29, 0.717) is 0 Å². The minimum atomic E-state index is -0.184. The predicted molar refractivity (Wildman–Crippen MR) is 48.3 cm³/mol. The topological polar surface area (TPSA) is 41.8 Å². The number of ketones is 1. The molecule has 0 saturated heterocycles. The van der Waals surface area contributed by atoms with E-state index in [2.05, 4.69) is 27.4 Å². The van der Waals surface area contributed by atoms with E-state index in [0.717, 1.165) is 0 Å². The van der Waals surface area contributed by atoms with Gasteiger partial charge in [0.2, 0.25) is 5.84 Å². The lowest BCUT2D eigenvalue weighted by Crippen LogP contribution is -2.09. The largest absolute Gasteiger partial charge is 0.291 e. The normalized spacial score (nSPS) is 11.1.